The molecule has 0 bridgehead atoms. The number of carbonyl (C=O) groups excluding carboxylic acids is 2. The van der Waals surface area contributed by atoms with Crippen molar-refractivity contribution in [2.45, 2.75) is 6.10 Å². The van der Waals surface area contributed by atoms with E-state index >= 15 is 0 Å². The fraction of sp³-hybridized carbons (Fsp3) is 0.263. The fourth-order valence-corrected chi connectivity index (χ4v) is 3.01. The van der Waals surface area contributed by atoms with E-state index in [-0.39, 0.29) is 30.4 Å². The second-order valence-electron chi connectivity index (χ2n) is 6.26. The van der Waals surface area contributed by atoms with Crippen molar-refractivity contribution in [3.05, 3.63) is 52.6 Å². The van der Waals surface area contributed by atoms with Gasteiger partial charge in [0.2, 0.25) is 5.91 Å². The van der Waals surface area contributed by atoms with E-state index in [1.165, 1.54) is 32.4 Å². The average molecular weight is 400 g/mol. The molecule has 0 radical (unpaired) electrons. The number of nitro groups is 1. The van der Waals surface area contributed by atoms with Gasteiger partial charge in [0.1, 0.15) is 17.2 Å². The van der Waals surface area contributed by atoms with Crippen molar-refractivity contribution in [2.24, 2.45) is 0 Å². The predicted octanol–water partition coefficient (Wildman–Crippen LogP) is 1.56. The standard InChI is InChI=1S/C19H20N4O6/c1-20-19(25)17-10-22(14-5-3-4-6-16(14)29-17)11-18(24)21-13-8-7-12(28-2)9-15(13)23(26)27/h3-9,17H,10-11H2,1-2H3,(H,20,25)(H,21,24)/t17-/m1/s1. The minimum absolute atomic E-state index is 0.0604. The monoisotopic (exact) mass is 400 g/mol. The number of hydrogen-bond acceptors (Lipinski definition) is 7. The van der Waals surface area contributed by atoms with Crippen molar-refractivity contribution < 1.29 is 24.0 Å². The molecule has 0 saturated heterocycles. The average Bonchev–Trinajstić information content (AvgIpc) is 2.73. The number of carbonyl (C=O) groups is 2. The van der Waals surface area contributed by atoms with Gasteiger partial charge in [0.25, 0.3) is 11.6 Å². The highest BCUT2D eigenvalue weighted by Crippen LogP contribution is 2.33. The van der Waals surface area contributed by atoms with Crippen LogP contribution in [0, 0.1) is 10.1 Å². The smallest absolute Gasteiger partial charge is 0.296 e. The van der Waals surface area contributed by atoms with E-state index in [0.29, 0.717) is 17.2 Å². The van der Waals surface area contributed by atoms with Crippen LogP contribution in [0.15, 0.2) is 42.5 Å². The molecule has 1 aliphatic rings. The van der Waals surface area contributed by atoms with Gasteiger partial charge in [-0.1, -0.05) is 12.1 Å². The number of amides is 2. The molecule has 1 atom stereocenters. The lowest BCUT2D eigenvalue weighted by atomic mass is 10.1. The van der Waals surface area contributed by atoms with Crippen LogP contribution in [-0.2, 0) is 9.59 Å². The second-order valence-corrected chi connectivity index (χ2v) is 6.26. The van der Waals surface area contributed by atoms with Gasteiger partial charge in [0.15, 0.2) is 6.10 Å². The lowest BCUT2D eigenvalue weighted by Gasteiger charge is -2.34. The topological polar surface area (TPSA) is 123 Å². The SMILES string of the molecule is CNC(=O)[C@H]1CN(CC(=O)Nc2ccc(OC)cc2[N+](=O)[O-])c2ccccc2O1. The van der Waals surface area contributed by atoms with Crippen LogP contribution in [-0.4, -0.2) is 50.1 Å². The number of rotatable bonds is 6. The van der Waals surface area contributed by atoms with Gasteiger partial charge in [-0.2, -0.15) is 0 Å². The largest absolute Gasteiger partial charge is 0.496 e. The minimum Gasteiger partial charge on any atom is -0.496 e. The number of methoxy groups -OCH3 is 1. The number of hydrogen-bond donors (Lipinski definition) is 2. The summed E-state index contributed by atoms with van der Waals surface area (Å²) in [6.07, 6.45) is -0.780. The van der Waals surface area contributed by atoms with Crippen molar-refractivity contribution in [1.29, 1.82) is 0 Å². The van der Waals surface area contributed by atoms with Crippen LogP contribution in [0.3, 0.4) is 0 Å². The number of likely N-dealkylation sites (N-methyl/N-ethyl adjacent to an activating group) is 1. The molecule has 0 spiro atoms. The minimum atomic E-state index is -0.780. The Bertz CT molecular complexity index is 948. The molecule has 0 aromatic heterocycles. The van der Waals surface area contributed by atoms with Crippen LogP contribution in [0.25, 0.3) is 0 Å². The number of ether oxygens (including phenoxy) is 2. The third-order valence-electron chi connectivity index (χ3n) is 4.41. The molecule has 2 aromatic rings. The van der Waals surface area contributed by atoms with E-state index in [1.807, 2.05) is 0 Å². The van der Waals surface area contributed by atoms with Crippen molar-refractivity contribution in [3.63, 3.8) is 0 Å². The van der Waals surface area contributed by atoms with Gasteiger partial charge in [-0.05, 0) is 24.3 Å². The van der Waals surface area contributed by atoms with E-state index in [1.54, 1.807) is 29.2 Å². The lowest BCUT2D eigenvalue weighted by molar-refractivity contribution is -0.384. The maximum absolute atomic E-state index is 12.6. The van der Waals surface area contributed by atoms with Gasteiger partial charge in [0.05, 0.1) is 36.9 Å². The van der Waals surface area contributed by atoms with Crippen LogP contribution < -0.4 is 25.0 Å². The van der Waals surface area contributed by atoms with E-state index in [0.717, 1.165) is 0 Å². The molecule has 10 nitrogen and oxygen atoms in total. The van der Waals surface area contributed by atoms with Gasteiger partial charge in [-0.3, -0.25) is 19.7 Å². The normalized spacial score (nSPS) is 15.0. The Morgan fingerprint density at radius 3 is 2.76 bits per heavy atom. The molecule has 29 heavy (non-hydrogen) atoms. The molecule has 0 unspecified atom stereocenters. The first kappa shape index (κ1) is 19.9. The van der Waals surface area contributed by atoms with E-state index in [9.17, 15) is 19.7 Å². The number of nitrogens with zero attached hydrogens (tertiary/aromatic N) is 2. The van der Waals surface area contributed by atoms with Gasteiger partial charge >= 0.3 is 0 Å². The van der Waals surface area contributed by atoms with Crippen LogP contribution in [0.2, 0.25) is 0 Å². The Kier molecular flexibility index (Phi) is 5.82. The Morgan fingerprint density at radius 2 is 2.07 bits per heavy atom. The maximum Gasteiger partial charge on any atom is 0.296 e. The first-order valence-electron chi connectivity index (χ1n) is 8.77. The summed E-state index contributed by atoms with van der Waals surface area (Å²) < 4.78 is 10.7. The van der Waals surface area contributed by atoms with E-state index in [2.05, 4.69) is 10.6 Å². The summed E-state index contributed by atoms with van der Waals surface area (Å²) in [5.74, 6) is 0.0159. The molecule has 2 N–H and O–H groups in total. The molecule has 152 valence electrons. The summed E-state index contributed by atoms with van der Waals surface area (Å²) >= 11 is 0. The van der Waals surface area contributed by atoms with Gasteiger partial charge in [-0.25, -0.2) is 0 Å². The summed E-state index contributed by atoms with van der Waals surface area (Å²) in [6.45, 7) is 0.0475. The van der Waals surface area contributed by atoms with E-state index in [4.69, 9.17) is 9.47 Å². The molecule has 0 saturated carbocycles. The second kappa shape index (κ2) is 8.46. The van der Waals surface area contributed by atoms with Crippen molar-refractivity contribution in [1.82, 2.24) is 5.32 Å². The van der Waals surface area contributed by atoms with E-state index < -0.39 is 16.9 Å². The third kappa shape index (κ3) is 4.37. The summed E-state index contributed by atoms with van der Waals surface area (Å²) in [4.78, 5) is 37.1. The third-order valence-corrected chi connectivity index (χ3v) is 4.41. The van der Waals surface area contributed by atoms with Gasteiger partial charge in [-0.15, -0.1) is 0 Å². The van der Waals surface area contributed by atoms with Crippen LogP contribution >= 0.6 is 0 Å². The Hall–Kier alpha value is -3.82. The molecule has 0 fully saturated rings. The number of anilines is 2. The highest BCUT2D eigenvalue weighted by atomic mass is 16.6. The van der Waals surface area contributed by atoms with Crippen molar-refractivity contribution in [3.8, 4) is 11.5 Å². The number of fused-ring (bicyclic) bond motifs is 1. The highest BCUT2D eigenvalue weighted by Gasteiger charge is 2.31. The first-order valence-corrected chi connectivity index (χ1v) is 8.77. The quantitative estimate of drug-likeness (QED) is 0.557. The van der Waals surface area contributed by atoms with Crippen molar-refractivity contribution >= 4 is 28.9 Å². The van der Waals surface area contributed by atoms with Crippen LogP contribution in [0.5, 0.6) is 11.5 Å². The van der Waals surface area contributed by atoms with Crippen LogP contribution in [0.1, 0.15) is 0 Å². The molecule has 3 rings (SSSR count). The lowest BCUT2D eigenvalue weighted by Crippen LogP contribution is -2.50. The molecule has 2 aromatic carbocycles. The Morgan fingerprint density at radius 1 is 1.31 bits per heavy atom. The molecule has 0 aliphatic carbocycles. The number of benzene rings is 2. The van der Waals surface area contributed by atoms with Gasteiger partial charge in [0, 0.05) is 7.05 Å². The molecule has 1 heterocycles. The predicted molar refractivity (Wildman–Crippen MR) is 105 cm³/mol. The number of nitrogens with one attached hydrogen (secondary N) is 2. The summed E-state index contributed by atoms with van der Waals surface area (Å²) in [5, 5.41) is 16.4. The summed E-state index contributed by atoms with van der Waals surface area (Å²) in [5.41, 5.74) is 0.445. The zero-order valence-corrected chi connectivity index (χ0v) is 15.9. The highest BCUT2D eigenvalue weighted by molar-refractivity contribution is 5.96. The zero-order chi connectivity index (χ0) is 21.0. The number of para-hydroxylation sites is 2. The van der Waals surface area contributed by atoms with Gasteiger partial charge < -0.3 is 25.0 Å². The summed E-state index contributed by atoms with van der Waals surface area (Å²) in [6, 6.07) is 11.2. The number of nitro benzene ring substituents is 1. The zero-order valence-electron chi connectivity index (χ0n) is 15.9. The Balaban J connectivity index is 1.80. The molecule has 10 heteroatoms. The van der Waals surface area contributed by atoms with Crippen LogP contribution in [0.4, 0.5) is 17.1 Å². The Labute approximate surface area is 166 Å². The summed E-state index contributed by atoms with van der Waals surface area (Å²) in [7, 11) is 2.90. The first-order chi connectivity index (χ1) is 13.9. The molecule has 1 aliphatic heterocycles. The molecular weight excluding hydrogens is 380 g/mol. The fourth-order valence-electron chi connectivity index (χ4n) is 3.01. The molecule has 2 amide bonds. The molecular formula is C19H20N4O6. The van der Waals surface area contributed by atoms with Crippen molar-refractivity contribution in [2.75, 3.05) is 37.5 Å². The maximum atomic E-state index is 12.6.